The fraction of sp³-hybridized carbons (Fsp3) is 0.211. The normalized spacial score (nSPS) is 13.1. The summed E-state index contributed by atoms with van der Waals surface area (Å²) in [5.74, 6) is -0.226. The van der Waals surface area contributed by atoms with Crippen LogP contribution in [0.25, 0.3) is 0 Å². The molecule has 134 valence electrons. The summed E-state index contributed by atoms with van der Waals surface area (Å²) in [5, 5.41) is 0. The van der Waals surface area contributed by atoms with Gasteiger partial charge in [0.15, 0.2) is 0 Å². The Hall–Kier alpha value is -2.80. The highest BCUT2D eigenvalue weighted by molar-refractivity contribution is 8.00. The first-order valence-electron chi connectivity index (χ1n) is 8.00. The third-order valence-corrected chi connectivity index (χ3v) is 4.90. The molecule has 0 saturated carbocycles. The summed E-state index contributed by atoms with van der Waals surface area (Å²) in [4.78, 5) is 38.3. The maximum absolute atomic E-state index is 12.2. The van der Waals surface area contributed by atoms with Crippen molar-refractivity contribution in [1.82, 2.24) is 0 Å². The van der Waals surface area contributed by atoms with Crippen LogP contribution >= 0.6 is 11.8 Å². The molecular formula is C19H17NO5S. The number of anilines is 1. The number of methoxy groups -OCH3 is 1. The predicted octanol–water partition coefficient (Wildman–Crippen LogP) is 2.91. The maximum Gasteiger partial charge on any atom is 0.337 e. The van der Waals surface area contributed by atoms with E-state index in [4.69, 9.17) is 4.74 Å². The Balaban J connectivity index is 1.59. The summed E-state index contributed by atoms with van der Waals surface area (Å²) in [6, 6.07) is 13.7. The first-order chi connectivity index (χ1) is 12.6. The molecule has 2 aromatic carbocycles. The maximum atomic E-state index is 12.2. The number of ether oxygens (including phenoxy) is 2. The zero-order valence-electron chi connectivity index (χ0n) is 14.1. The number of amides is 1. The Labute approximate surface area is 155 Å². The van der Waals surface area contributed by atoms with Gasteiger partial charge in [-0.2, -0.15) is 0 Å². The smallest absolute Gasteiger partial charge is 0.337 e. The van der Waals surface area contributed by atoms with E-state index in [1.165, 1.54) is 43.1 Å². The molecule has 6 nitrogen and oxygen atoms in total. The van der Waals surface area contributed by atoms with Gasteiger partial charge in [0, 0.05) is 11.4 Å². The molecule has 0 aromatic heterocycles. The zero-order valence-corrected chi connectivity index (χ0v) is 15.0. The van der Waals surface area contributed by atoms with Crippen LogP contribution in [0.3, 0.4) is 0 Å². The van der Waals surface area contributed by atoms with Gasteiger partial charge in [0.1, 0.15) is 5.75 Å². The summed E-state index contributed by atoms with van der Waals surface area (Å²) >= 11 is 1.50. The van der Waals surface area contributed by atoms with E-state index in [0.29, 0.717) is 17.1 Å². The molecule has 1 amide bonds. The predicted molar refractivity (Wildman–Crippen MR) is 97.6 cm³/mol. The highest BCUT2D eigenvalue weighted by atomic mass is 32.2. The number of esters is 2. The monoisotopic (exact) mass is 371 g/mol. The lowest BCUT2D eigenvalue weighted by Crippen LogP contribution is -2.37. The van der Waals surface area contributed by atoms with E-state index >= 15 is 0 Å². The first-order valence-corrected chi connectivity index (χ1v) is 8.98. The Kier molecular flexibility index (Phi) is 5.58. The summed E-state index contributed by atoms with van der Waals surface area (Å²) in [6.07, 6.45) is 0.0729. The van der Waals surface area contributed by atoms with Crippen molar-refractivity contribution in [3.8, 4) is 5.75 Å². The Morgan fingerprint density at radius 3 is 2.58 bits per heavy atom. The van der Waals surface area contributed by atoms with Gasteiger partial charge >= 0.3 is 11.9 Å². The second-order valence-electron chi connectivity index (χ2n) is 5.54. The molecule has 1 heterocycles. The van der Waals surface area contributed by atoms with Crippen molar-refractivity contribution in [3.63, 3.8) is 0 Å². The van der Waals surface area contributed by atoms with Gasteiger partial charge in [-0.1, -0.05) is 12.1 Å². The van der Waals surface area contributed by atoms with E-state index < -0.39 is 11.9 Å². The lowest BCUT2D eigenvalue weighted by atomic mass is 10.2. The van der Waals surface area contributed by atoms with Gasteiger partial charge in [0.25, 0.3) is 0 Å². The molecule has 0 unspecified atom stereocenters. The molecule has 0 saturated heterocycles. The third kappa shape index (κ3) is 4.05. The molecule has 0 fully saturated rings. The van der Waals surface area contributed by atoms with Crippen LogP contribution in [0, 0.1) is 0 Å². The number of nitrogens with zero attached hydrogens (tertiary/aromatic N) is 1. The summed E-state index contributed by atoms with van der Waals surface area (Å²) in [6.45, 7) is 0.259. The van der Waals surface area contributed by atoms with Crippen LogP contribution in [0.1, 0.15) is 16.8 Å². The zero-order chi connectivity index (χ0) is 18.5. The molecule has 0 N–H and O–H groups in total. The molecule has 0 atom stereocenters. The minimum absolute atomic E-state index is 0.0241. The molecule has 0 bridgehead atoms. The van der Waals surface area contributed by atoms with Gasteiger partial charge in [0.2, 0.25) is 5.91 Å². The van der Waals surface area contributed by atoms with E-state index in [2.05, 4.69) is 4.74 Å². The minimum atomic E-state index is -0.456. The van der Waals surface area contributed by atoms with Crippen LogP contribution < -0.4 is 9.64 Å². The van der Waals surface area contributed by atoms with Crippen molar-refractivity contribution in [2.45, 2.75) is 11.3 Å². The van der Waals surface area contributed by atoms with Crippen LogP contribution in [0.5, 0.6) is 5.75 Å². The number of thioether (sulfide) groups is 1. The number of para-hydroxylation sites is 1. The highest BCUT2D eigenvalue weighted by Gasteiger charge is 2.24. The summed E-state index contributed by atoms with van der Waals surface area (Å²) in [7, 11) is 1.30. The molecule has 3 rings (SSSR count). The Morgan fingerprint density at radius 1 is 1.12 bits per heavy atom. The lowest BCUT2D eigenvalue weighted by molar-refractivity contribution is -0.134. The topological polar surface area (TPSA) is 72.9 Å². The number of hydrogen-bond acceptors (Lipinski definition) is 6. The largest absolute Gasteiger partial charge is 0.465 e. The number of carbonyl (C=O) groups excluding carboxylic acids is 3. The fourth-order valence-electron chi connectivity index (χ4n) is 2.56. The van der Waals surface area contributed by atoms with Gasteiger partial charge < -0.3 is 14.4 Å². The number of hydrogen-bond donors (Lipinski definition) is 0. The van der Waals surface area contributed by atoms with Gasteiger partial charge in [-0.05, 0) is 36.4 Å². The molecular weight excluding hydrogens is 354 g/mol. The molecule has 7 heteroatoms. The van der Waals surface area contributed by atoms with E-state index in [1.54, 1.807) is 4.90 Å². The first kappa shape index (κ1) is 18.0. The van der Waals surface area contributed by atoms with E-state index in [1.807, 2.05) is 24.3 Å². The SMILES string of the molecule is COC(=O)c1ccc(OC(=O)CCN2C(=O)CSc3ccccc32)cc1. The lowest BCUT2D eigenvalue weighted by Gasteiger charge is -2.28. The molecule has 0 spiro atoms. The second kappa shape index (κ2) is 8.05. The van der Waals surface area contributed by atoms with E-state index in [9.17, 15) is 14.4 Å². The minimum Gasteiger partial charge on any atom is -0.465 e. The number of benzene rings is 2. The van der Waals surface area contributed by atoms with Crippen LogP contribution in [0.4, 0.5) is 5.69 Å². The van der Waals surface area contributed by atoms with Crippen molar-refractivity contribution in [3.05, 3.63) is 54.1 Å². The molecule has 0 radical (unpaired) electrons. The average molecular weight is 371 g/mol. The molecule has 2 aromatic rings. The average Bonchev–Trinajstić information content (AvgIpc) is 2.67. The van der Waals surface area contributed by atoms with E-state index in [-0.39, 0.29) is 18.9 Å². The Morgan fingerprint density at radius 2 is 1.85 bits per heavy atom. The van der Waals surface area contributed by atoms with Gasteiger partial charge in [0.05, 0.1) is 30.5 Å². The standard InChI is InChI=1S/C19H17NO5S/c1-24-19(23)13-6-8-14(9-7-13)25-18(22)10-11-20-15-4-2-3-5-16(15)26-12-17(20)21/h2-9H,10-12H2,1H3. The number of fused-ring (bicyclic) bond motifs is 1. The van der Waals surface area contributed by atoms with Crippen LogP contribution in [-0.2, 0) is 14.3 Å². The van der Waals surface area contributed by atoms with Crippen LogP contribution in [0.15, 0.2) is 53.4 Å². The molecule has 0 aliphatic carbocycles. The van der Waals surface area contributed by atoms with Crippen molar-refractivity contribution in [2.24, 2.45) is 0 Å². The van der Waals surface area contributed by atoms with Crippen molar-refractivity contribution < 1.29 is 23.9 Å². The van der Waals surface area contributed by atoms with Crippen molar-refractivity contribution in [1.29, 1.82) is 0 Å². The summed E-state index contributed by atoms with van der Waals surface area (Å²) < 4.78 is 9.88. The fourth-order valence-corrected chi connectivity index (χ4v) is 3.50. The molecule has 1 aliphatic rings. The van der Waals surface area contributed by atoms with Gasteiger partial charge in [-0.25, -0.2) is 4.79 Å². The van der Waals surface area contributed by atoms with Gasteiger partial charge in [-0.3, -0.25) is 9.59 Å². The highest BCUT2D eigenvalue weighted by Crippen LogP contribution is 2.34. The quantitative estimate of drug-likeness (QED) is 0.594. The van der Waals surface area contributed by atoms with Crippen molar-refractivity contribution >= 4 is 35.3 Å². The van der Waals surface area contributed by atoms with Crippen molar-refractivity contribution in [2.75, 3.05) is 24.3 Å². The van der Waals surface area contributed by atoms with E-state index in [0.717, 1.165) is 10.6 Å². The molecule has 1 aliphatic heterocycles. The van der Waals surface area contributed by atoms with Crippen LogP contribution in [-0.4, -0.2) is 37.3 Å². The second-order valence-corrected chi connectivity index (χ2v) is 6.56. The van der Waals surface area contributed by atoms with Crippen LogP contribution in [0.2, 0.25) is 0 Å². The summed E-state index contributed by atoms with van der Waals surface area (Å²) in [5.41, 5.74) is 1.20. The van der Waals surface area contributed by atoms with Gasteiger partial charge in [-0.15, -0.1) is 11.8 Å². The molecule has 26 heavy (non-hydrogen) atoms. The Bertz CT molecular complexity index is 834. The number of carbonyl (C=O) groups is 3. The number of rotatable bonds is 5. The third-order valence-electron chi connectivity index (χ3n) is 3.85.